The molecule has 0 bridgehead atoms. The zero-order chi connectivity index (χ0) is 14.0. The van der Waals surface area contributed by atoms with Crippen LogP contribution in [0.5, 0.6) is 0 Å². The van der Waals surface area contributed by atoms with Crippen molar-refractivity contribution >= 4 is 0 Å². The Hall–Kier alpha value is -0.630. The van der Waals surface area contributed by atoms with Crippen LogP contribution in [0.25, 0.3) is 0 Å². The summed E-state index contributed by atoms with van der Waals surface area (Å²) in [6.07, 6.45) is 1.75. The molecule has 0 saturated heterocycles. The average molecular weight is 256 g/mol. The van der Waals surface area contributed by atoms with Gasteiger partial charge in [-0.15, -0.1) is 0 Å². The summed E-state index contributed by atoms with van der Waals surface area (Å²) in [5.74, 6) is 0. The van der Waals surface area contributed by atoms with E-state index in [1.54, 1.807) is 0 Å². The number of rotatable bonds is 10. The van der Waals surface area contributed by atoms with Crippen LogP contribution in [0, 0.1) is 11.3 Å². The van der Waals surface area contributed by atoms with E-state index >= 15 is 0 Å². The lowest BCUT2D eigenvalue weighted by Crippen LogP contribution is -2.47. The van der Waals surface area contributed by atoms with Crippen LogP contribution in [-0.2, 0) is 9.47 Å². The molecule has 0 rings (SSSR count). The lowest BCUT2D eigenvalue weighted by atomic mass is 9.95. The minimum atomic E-state index is -0.530. The van der Waals surface area contributed by atoms with Gasteiger partial charge in [-0.3, -0.25) is 5.32 Å². The van der Waals surface area contributed by atoms with Crippen LogP contribution in [0.3, 0.4) is 0 Å². The lowest BCUT2D eigenvalue weighted by Gasteiger charge is -2.28. The number of nitrogens with zero attached hydrogens (tertiary/aromatic N) is 1. The highest BCUT2D eigenvalue weighted by atomic mass is 16.5. The van der Waals surface area contributed by atoms with Crippen molar-refractivity contribution in [3.63, 3.8) is 0 Å². The van der Waals surface area contributed by atoms with Gasteiger partial charge in [0, 0.05) is 19.1 Å². The molecule has 4 heteroatoms. The van der Waals surface area contributed by atoms with Crippen LogP contribution in [-0.4, -0.2) is 37.5 Å². The Morgan fingerprint density at radius 2 is 1.89 bits per heavy atom. The summed E-state index contributed by atoms with van der Waals surface area (Å²) in [7, 11) is 0. The van der Waals surface area contributed by atoms with E-state index in [4.69, 9.17) is 9.47 Å². The van der Waals surface area contributed by atoms with Gasteiger partial charge < -0.3 is 9.47 Å². The first-order valence-corrected chi connectivity index (χ1v) is 6.81. The third-order valence-corrected chi connectivity index (χ3v) is 2.53. The summed E-state index contributed by atoms with van der Waals surface area (Å²) in [4.78, 5) is 0. The third-order valence-electron chi connectivity index (χ3n) is 2.53. The first-order chi connectivity index (χ1) is 8.43. The molecular formula is C14H28N2O2. The molecule has 0 fully saturated rings. The molecule has 0 aromatic carbocycles. The van der Waals surface area contributed by atoms with Gasteiger partial charge in [0.25, 0.3) is 0 Å². The number of hydrogen-bond acceptors (Lipinski definition) is 4. The maximum Gasteiger partial charge on any atom is 0.106 e. The molecule has 0 aromatic heterocycles. The van der Waals surface area contributed by atoms with Gasteiger partial charge in [-0.1, -0.05) is 6.92 Å². The number of nitrogens with one attached hydrogen (secondary N) is 1. The minimum absolute atomic E-state index is 0.0473. The maximum absolute atomic E-state index is 9.23. The standard InChI is InChI=1S/C14H28N2O2/c1-6-7-17-8-9-18-13(4)10-14(5,11-15)16-12(2)3/h12-13,16H,6-10H2,1-5H3. The van der Waals surface area contributed by atoms with Gasteiger partial charge in [0.15, 0.2) is 0 Å². The topological polar surface area (TPSA) is 54.3 Å². The smallest absolute Gasteiger partial charge is 0.106 e. The van der Waals surface area contributed by atoms with Crippen LogP contribution < -0.4 is 5.32 Å². The highest BCUT2D eigenvalue weighted by molar-refractivity contribution is 5.05. The van der Waals surface area contributed by atoms with E-state index in [0.29, 0.717) is 19.6 Å². The van der Waals surface area contributed by atoms with E-state index in [1.807, 2.05) is 27.7 Å². The maximum atomic E-state index is 9.23. The highest BCUT2D eigenvalue weighted by Gasteiger charge is 2.27. The zero-order valence-corrected chi connectivity index (χ0v) is 12.5. The monoisotopic (exact) mass is 256 g/mol. The predicted octanol–water partition coefficient (Wildman–Crippen LogP) is 2.49. The van der Waals surface area contributed by atoms with Crippen molar-refractivity contribution in [2.45, 2.75) is 65.1 Å². The van der Waals surface area contributed by atoms with E-state index in [2.05, 4.69) is 18.3 Å². The number of nitriles is 1. The average Bonchev–Trinajstić information content (AvgIpc) is 2.27. The van der Waals surface area contributed by atoms with E-state index in [9.17, 15) is 5.26 Å². The molecule has 18 heavy (non-hydrogen) atoms. The van der Waals surface area contributed by atoms with Crippen molar-refractivity contribution in [2.75, 3.05) is 19.8 Å². The van der Waals surface area contributed by atoms with Gasteiger partial charge in [-0.05, 0) is 34.1 Å². The van der Waals surface area contributed by atoms with Gasteiger partial charge >= 0.3 is 0 Å². The molecule has 4 nitrogen and oxygen atoms in total. The number of hydrogen-bond donors (Lipinski definition) is 1. The third kappa shape index (κ3) is 8.46. The Morgan fingerprint density at radius 3 is 2.39 bits per heavy atom. The van der Waals surface area contributed by atoms with E-state index in [-0.39, 0.29) is 12.1 Å². The second-order valence-electron chi connectivity index (χ2n) is 5.24. The van der Waals surface area contributed by atoms with Crippen LogP contribution in [0.1, 0.15) is 47.5 Å². The molecule has 2 atom stereocenters. The van der Waals surface area contributed by atoms with Crippen molar-refractivity contribution < 1.29 is 9.47 Å². The van der Waals surface area contributed by atoms with Gasteiger partial charge in [0.1, 0.15) is 5.54 Å². The summed E-state index contributed by atoms with van der Waals surface area (Å²) in [6, 6.07) is 2.62. The van der Waals surface area contributed by atoms with Gasteiger partial charge in [-0.2, -0.15) is 5.26 Å². The fraction of sp³-hybridized carbons (Fsp3) is 0.929. The summed E-state index contributed by atoms with van der Waals surface area (Å²) < 4.78 is 11.0. The second-order valence-corrected chi connectivity index (χ2v) is 5.24. The molecule has 0 saturated carbocycles. The molecule has 0 spiro atoms. The van der Waals surface area contributed by atoms with Crippen molar-refractivity contribution in [3.05, 3.63) is 0 Å². The number of ether oxygens (including phenoxy) is 2. The summed E-state index contributed by atoms with van der Waals surface area (Å²) in [5, 5.41) is 12.5. The molecule has 0 radical (unpaired) electrons. The molecule has 0 aliphatic heterocycles. The van der Waals surface area contributed by atoms with E-state index in [1.165, 1.54) is 0 Å². The summed E-state index contributed by atoms with van der Waals surface area (Å²) in [5.41, 5.74) is -0.530. The fourth-order valence-corrected chi connectivity index (χ4v) is 1.96. The fourth-order valence-electron chi connectivity index (χ4n) is 1.96. The zero-order valence-electron chi connectivity index (χ0n) is 12.5. The van der Waals surface area contributed by atoms with Crippen LogP contribution in [0.4, 0.5) is 0 Å². The Bertz CT molecular complexity index is 251. The Balaban J connectivity index is 3.90. The van der Waals surface area contributed by atoms with Crippen LogP contribution >= 0.6 is 0 Å². The van der Waals surface area contributed by atoms with Crippen molar-refractivity contribution in [1.82, 2.24) is 5.32 Å². The van der Waals surface area contributed by atoms with Crippen molar-refractivity contribution in [1.29, 1.82) is 5.26 Å². The molecule has 0 aromatic rings. The molecule has 1 N–H and O–H groups in total. The van der Waals surface area contributed by atoms with Crippen molar-refractivity contribution in [3.8, 4) is 6.07 Å². The highest BCUT2D eigenvalue weighted by Crippen LogP contribution is 2.14. The van der Waals surface area contributed by atoms with Gasteiger partial charge in [0.05, 0.1) is 25.4 Å². The van der Waals surface area contributed by atoms with Gasteiger partial charge in [-0.25, -0.2) is 0 Å². The quantitative estimate of drug-likeness (QED) is 0.610. The molecule has 0 aliphatic carbocycles. The summed E-state index contributed by atoms with van der Waals surface area (Å²) in [6.45, 7) is 12.1. The predicted molar refractivity (Wildman–Crippen MR) is 73.4 cm³/mol. The molecular weight excluding hydrogens is 228 g/mol. The Kier molecular flexibility index (Phi) is 8.99. The second kappa shape index (κ2) is 9.32. The van der Waals surface area contributed by atoms with Gasteiger partial charge in [0.2, 0.25) is 0 Å². The molecule has 106 valence electrons. The van der Waals surface area contributed by atoms with E-state index < -0.39 is 5.54 Å². The first kappa shape index (κ1) is 17.4. The van der Waals surface area contributed by atoms with E-state index in [0.717, 1.165) is 13.0 Å². The Labute approximate surface area is 112 Å². The largest absolute Gasteiger partial charge is 0.379 e. The molecule has 2 unspecified atom stereocenters. The lowest BCUT2D eigenvalue weighted by molar-refractivity contribution is 0.00223. The molecule has 0 heterocycles. The van der Waals surface area contributed by atoms with Crippen LogP contribution in [0.2, 0.25) is 0 Å². The first-order valence-electron chi connectivity index (χ1n) is 6.81. The summed E-state index contributed by atoms with van der Waals surface area (Å²) >= 11 is 0. The molecule has 0 amide bonds. The SMILES string of the molecule is CCCOCCOC(C)CC(C)(C#N)NC(C)C. The molecule has 0 aliphatic rings. The Morgan fingerprint density at radius 1 is 1.22 bits per heavy atom. The normalized spacial score (nSPS) is 16.3. The van der Waals surface area contributed by atoms with Crippen molar-refractivity contribution in [2.24, 2.45) is 0 Å². The van der Waals surface area contributed by atoms with Crippen LogP contribution in [0.15, 0.2) is 0 Å². The minimum Gasteiger partial charge on any atom is -0.379 e.